The van der Waals surface area contributed by atoms with E-state index in [1.54, 1.807) is 12.1 Å². The molecule has 0 saturated carbocycles. The average molecular weight is 404 g/mol. The number of aryl methyl sites for hydroxylation is 1. The largest absolute Gasteiger partial charge is 0.416 e. The summed E-state index contributed by atoms with van der Waals surface area (Å²) in [5.41, 5.74) is 3.31. The van der Waals surface area contributed by atoms with Crippen LogP contribution in [0.15, 0.2) is 65.7 Å². The van der Waals surface area contributed by atoms with E-state index in [-0.39, 0.29) is 10.7 Å². The van der Waals surface area contributed by atoms with Gasteiger partial charge >= 0.3 is 11.8 Å². The summed E-state index contributed by atoms with van der Waals surface area (Å²) in [6.07, 6.45) is 2.75. The fourth-order valence-corrected chi connectivity index (χ4v) is 2.98. The molecule has 6 heteroatoms. The third-order valence-corrected chi connectivity index (χ3v) is 4.71. The Kier molecular flexibility index (Phi) is 6.25. The molecular formula is C22H20ClF2NO2. The van der Waals surface area contributed by atoms with Crippen LogP contribution in [0.3, 0.4) is 0 Å². The van der Waals surface area contributed by atoms with Crippen molar-refractivity contribution in [2.45, 2.75) is 38.3 Å². The number of halogens is 3. The molecule has 3 rings (SSSR count). The molecule has 0 aromatic heterocycles. The molecule has 2 atom stereocenters. The number of benzene rings is 2. The van der Waals surface area contributed by atoms with Crippen LogP contribution >= 0.6 is 11.6 Å². The van der Waals surface area contributed by atoms with Crippen LogP contribution < -0.4 is 0 Å². The number of hydrogen-bond acceptors (Lipinski definition) is 3. The first-order valence-corrected chi connectivity index (χ1v) is 9.47. The van der Waals surface area contributed by atoms with Crippen LogP contribution in [0, 0.1) is 0 Å². The van der Waals surface area contributed by atoms with Crippen molar-refractivity contribution in [2.24, 2.45) is 4.99 Å². The summed E-state index contributed by atoms with van der Waals surface area (Å²) in [5, 5.41) is -0.193. The van der Waals surface area contributed by atoms with Gasteiger partial charge in [-0.05, 0) is 53.8 Å². The summed E-state index contributed by atoms with van der Waals surface area (Å²) < 4.78 is 32.9. The fraction of sp³-hybridized carbons (Fsp3) is 0.273. The number of esters is 1. The Hall–Kier alpha value is -2.53. The highest BCUT2D eigenvalue weighted by molar-refractivity contribution is 6.68. The number of carbonyl (C=O) groups is 1. The average Bonchev–Trinajstić information content (AvgIpc) is 2.70. The Morgan fingerprint density at radius 2 is 1.75 bits per heavy atom. The van der Waals surface area contributed by atoms with Gasteiger partial charge in [-0.1, -0.05) is 61.3 Å². The first-order chi connectivity index (χ1) is 13.4. The van der Waals surface area contributed by atoms with Crippen molar-refractivity contribution in [3.8, 4) is 11.1 Å². The lowest BCUT2D eigenvalue weighted by Crippen LogP contribution is -2.39. The van der Waals surface area contributed by atoms with E-state index >= 15 is 0 Å². The Bertz CT molecular complexity index is 894. The molecule has 0 amide bonds. The molecule has 0 aliphatic carbocycles. The molecule has 1 aliphatic rings. The van der Waals surface area contributed by atoms with Crippen molar-refractivity contribution in [3.63, 3.8) is 0 Å². The highest BCUT2D eigenvalue weighted by atomic mass is 35.5. The van der Waals surface area contributed by atoms with Crippen LogP contribution in [-0.4, -0.2) is 23.3 Å². The van der Waals surface area contributed by atoms with Crippen molar-refractivity contribution < 1.29 is 18.3 Å². The molecule has 0 spiro atoms. The van der Waals surface area contributed by atoms with Gasteiger partial charge in [-0.25, -0.2) is 14.2 Å². The maximum Gasteiger partial charge on any atom is 0.341 e. The van der Waals surface area contributed by atoms with Crippen LogP contribution in [-0.2, 0) is 11.2 Å². The smallest absolute Gasteiger partial charge is 0.341 e. The molecule has 1 heterocycles. The minimum Gasteiger partial charge on any atom is -0.416 e. The second kappa shape index (κ2) is 8.65. The summed E-state index contributed by atoms with van der Waals surface area (Å²) in [6.45, 7) is 2.16. The molecule has 3 nitrogen and oxygen atoms in total. The van der Waals surface area contributed by atoms with Gasteiger partial charge in [-0.3, -0.25) is 0 Å². The molecule has 2 aromatic carbocycles. The predicted molar refractivity (Wildman–Crippen MR) is 107 cm³/mol. The Balaban J connectivity index is 1.68. The topological polar surface area (TPSA) is 38.7 Å². The van der Waals surface area contributed by atoms with Gasteiger partial charge in [-0.2, -0.15) is 4.39 Å². The van der Waals surface area contributed by atoms with Gasteiger partial charge in [0.25, 0.3) is 6.30 Å². The monoisotopic (exact) mass is 403 g/mol. The van der Waals surface area contributed by atoms with E-state index in [1.807, 2.05) is 12.1 Å². The lowest BCUT2D eigenvalue weighted by atomic mass is 10.0. The molecule has 0 fully saturated rings. The number of carbonyl (C=O) groups excluding carboxylic acids is 1. The van der Waals surface area contributed by atoms with Crippen LogP contribution in [0.25, 0.3) is 11.1 Å². The number of hydrogen-bond donors (Lipinski definition) is 0. The molecular weight excluding hydrogens is 384 g/mol. The zero-order chi connectivity index (χ0) is 20.1. The summed E-state index contributed by atoms with van der Waals surface area (Å²) in [4.78, 5) is 15.4. The standard InChI is InChI=1S/C22H20ClF2NO2/c1-2-3-4-15-5-7-16(8-6-15)17-9-11-18(12-10-17)20(27)28-22(25)14-13-19(23)26-21(22)24/h5-14,21H,2-4H2,1H3. The predicted octanol–water partition coefficient (Wildman–Crippen LogP) is 6.02. The van der Waals surface area contributed by atoms with Crippen molar-refractivity contribution >= 4 is 22.7 Å². The van der Waals surface area contributed by atoms with Crippen LogP contribution in [0.5, 0.6) is 0 Å². The van der Waals surface area contributed by atoms with Crippen LogP contribution in [0.4, 0.5) is 8.78 Å². The van der Waals surface area contributed by atoms with Gasteiger partial charge in [0.05, 0.1) is 5.56 Å². The highest BCUT2D eigenvalue weighted by Gasteiger charge is 2.43. The number of alkyl halides is 2. The SMILES string of the molecule is CCCCc1ccc(-c2ccc(C(=O)OC3(F)C=CC(Cl)=NC3F)cc2)cc1. The molecule has 1 aliphatic heterocycles. The Morgan fingerprint density at radius 3 is 2.32 bits per heavy atom. The van der Waals surface area contributed by atoms with Gasteiger partial charge in [0.1, 0.15) is 5.17 Å². The van der Waals surface area contributed by atoms with Crippen molar-refractivity contribution in [1.82, 2.24) is 0 Å². The minimum atomic E-state index is -2.97. The molecule has 28 heavy (non-hydrogen) atoms. The molecule has 2 aromatic rings. The molecule has 0 N–H and O–H groups in total. The van der Waals surface area contributed by atoms with E-state index in [2.05, 4.69) is 24.0 Å². The highest BCUT2D eigenvalue weighted by Crippen LogP contribution is 2.30. The third kappa shape index (κ3) is 4.65. The van der Waals surface area contributed by atoms with Gasteiger partial charge in [0, 0.05) is 0 Å². The number of unbranched alkanes of at least 4 members (excludes halogenated alkanes) is 1. The zero-order valence-electron chi connectivity index (χ0n) is 15.4. The van der Waals surface area contributed by atoms with Gasteiger partial charge in [0.15, 0.2) is 0 Å². The number of allylic oxidation sites excluding steroid dienone is 1. The second-order valence-electron chi connectivity index (χ2n) is 6.59. The van der Waals surface area contributed by atoms with E-state index in [0.717, 1.165) is 42.5 Å². The summed E-state index contributed by atoms with van der Waals surface area (Å²) in [7, 11) is 0. The molecule has 0 saturated heterocycles. The van der Waals surface area contributed by atoms with E-state index in [1.165, 1.54) is 17.7 Å². The number of ether oxygens (including phenoxy) is 1. The second-order valence-corrected chi connectivity index (χ2v) is 6.97. The van der Waals surface area contributed by atoms with Crippen LogP contribution in [0.2, 0.25) is 0 Å². The molecule has 0 radical (unpaired) electrons. The van der Waals surface area contributed by atoms with E-state index in [4.69, 9.17) is 16.3 Å². The summed E-state index contributed by atoms with van der Waals surface area (Å²) in [5.74, 6) is -3.95. The van der Waals surface area contributed by atoms with Gasteiger partial charge < -0.3 is 4.74 Å². The van der Waals surface area contributed by atoms with E-state index in [0.29, 0.717) is 0 Å². The molecule has 2 unspecified atom stereocenters. The van der Waals surface area contributed by atoms with Gasteiger partial charge in [-0.15, -0.1) is 0 Å². The molecule has 146 valence electrons. The Morgan fingerprint density at radius 1 is 1.14 bits per heavy atom. The molecule has 0 bridgehead atoms. The quantitative estimate of drug-likeness (QED) is 0.437. The van der Waals surface area contributed by atoms with Crippen LogP contribution in [0.1, 0.15) is 35.7 Å². The first-order valence-electron chi connectivity index (χ1n) is 9.09. The van der Waals surface area contributed by atoms with Crippen molar-refractivity contribution in [3.05, 3.63) is 71.8 Å². The van der Waals surface area contributed by atoms with Crippen molar-refractivity contribution in [1.29, 1.82) is 0 Å². The lowest BCUT2D eigenvalue weighted by Gasteiger charge is -2.25. The Labute approximate surface area is 167 Å². The minimum absolute atomic E-state index is 0.113. The van der Waals surface area contributed by atoms with E-state index < -0.39 is 18.1 Å². The zero-order valence-corrected chi connectivity index (χ0v) is 16.1. The number of nitrogens with zero attached hydrogens (tertiary/aromatic N) is 1. The van der Waals surface area contributed by atoms with Crippen molar-refractivity contribution in [2.75, 3.05) is 0 Å². The number of aliphatic imine (C=N–C) groups is 1. The number of dihydropyridines is 1. The lowest BCUT2D eigenvalue weighted by molar-refractivity contribution is -0.112. The van der Waals surface area contributed by atoms with E-state index in [9.17, 15) is 13.6 Å². The maximum atomic E-state index is 14.5. The third-order valence-electron chi connectivity index (χ3n) is 4.49. The maximum absolute atomic E-state index is 14.5. The number of rotatable bonds is 6. The first kappa shape index (κ1) is 20.2. The normalized spacial score (nSPS) is 21.3. The summed E-state index contributed by atoms with van der Waals surface area (Å²) >= 11 is 5.52. The van der Waals surface area contributed by atoms with Gasteiger partial charge in [0.2, 0.25) is 0 Å². The fourth-order valence-electron chi connectivity index (χ4n) is 2.83. The summed E-state index contributed by atoms with van der Waals surface area (Å²) in [6, 6.07) is 14.7.